The van der Waals surface area contributed by atoms with E-state index in [0.29, 0.717) is 6.54 Å². The number of fused-ring (bicyclic) bond motifs is 1. The molecular weight excluding hydrogens is 262 g/mol. The third-order valence-corrected chi connectivity index (χ3v) is 3.15. The molecule has 1 aliphatic rings. The van der Waals surface area contributed by atoms with Crippen LogP contribution in [0.5, 0.6) is 0 Å². The van der Waals surface area contributed by atoms with Crippen molar-refractivity contribution in [3.05, 3.63) is 16.4 Å². The zero-order valence-electron chi connectivity index (χ0n) is 8.51. The largest absolute Gasteiger partial charge is 0.465 e. The average molecular weight is 274 g/mol. The molecule has 1 N–H and O–H groups in total. The Morgan fingerprint density at radius 3 is 2.93 bits per heavy atom. The third-order valence-electron chi connectivity index (χ3n) is 2.76. The minimum Gasteiger partial charge on any atom is -0.465 e. The van der Waals surface area contributed by atoms with Crippen LogP contribution in [0.25, 0.3) is 0 Å². The van der Waals surface area contributed by atoms with Crippen LogP contribution in [0.15, 0.2) is 10.7 Å². The maximum Gasteiger partial charge on any atom is 0.408 e. The number of nitrogens with zero attached hydrogens (tertiary/aromatic N) is 3. The van der Waals surface area contributed by atoms with Gasteiger partial charge in [-0.25, -0.2) is 4.79 Å². The van der Waals surface area contributed by atoms with Gasteiger partial charge in [0.1, 0.15) is 4.60 Å². The summed E-state index contributed by atoms with van der Waals surface area (Å²) in [6.45, 7) is 4.38. The van der Waals surface area contributed by atoms with Crippen molar-refractivity contribution in [3.63, 3.8) is 0 Å². The van der Waals surface area contributed by atoms with Gasteiger partial charge in [-0.05, 0) is 35.8 Å². The van der Waals surface area contributed by atoms with Gasteiger partial charge in [0.2, 0.25) is 0 Å². The fraction of sp³-hybridized carbons (Fsp3) is 0.556. The molecule has 0 fully saturated rings. The summed E-state index contributed by atoms with van der Waals surface area (Å²) in [4.78, 5) is 12.5. The van der Waals surface area contributed by atoms with Crippen LogP contribution in [0, 0.1) is 0 Å². The molecule has 2 rings (SSSR count). The monoisotopic (exact) mass is 273 g/mol. The van der Waals surface area contributed by atoms with Gasteiger partial charge in [-0.2, -0.15) is 5.10 Å². The minimum atomic E-state index is -0.876. The van der Waals surface area contributed by atoms with Gasteiger partial charge in [0.25, 0.3) is 0 Å². The van der Waals surface area contributed by atoms with E-state index >= 15 is 0 Å². The first-order valence-corrected chi connectivity index (χ1v) is 5.54. The van der Waals surface area contributed by atoms with E-state index in [2.05, 4.69) is 21.0 Å². The lowest BCUT2D eigenvalue weighted by molar-refractivity contribution is 0.0835. The van der Waals surface area contributed by atoms with E-state index in [9.17, 15) is 4.79 Å². The molecule has 0 radical (unpaired) electrons. The van der Waals surface area contributed by atoms with Crippen molar-refractivity contribution in [1.29, 1.82) is 0 Å². The van der Waals surface area contributed by atoms with Gasteiger partial charge in [0.05, 0.1) is 24.3 Å². The van der Waals surface area contributed by atoms with Crippen molar-refractivity contribution in [2.24, 2.45) is 0 Å². The van der Waals surface area contributed by atoms with Crippen molar-refractivity contribution in [1.82, 2.24) is 14.7 Å². The van der Waals surface area contributed by atoms with Crippen LogP contribution < -0.4 is 0 Å². The SMILES string of the molecule is CC1c2cc(Br)nn2C[C@H](C)N1C(=O)O. The van der Waals surface area contributed by atoms with Crippen LogP contribution in [0.4, 0.5) is 4.79 Å². The Hall–Kier alpha value is -1.04. The zero-order valence-corrected chi connectivity index (χ0v) is 10.1. The number of carbonyl (C=O) groups is 1. The fourth-order valence-corrected chi connectivity index (χ4v) is 2.52. The molecule has 2 heterocycles. The molecule has 0 aliphatic carbocycles. The number of halogens is 1. The summed E-state index contributed by atoms with van der Waals surface area (Å²) in [7, 11) is 0. The summed E-state index contributed by atoms with van der Waals surface area (Å²) >= 11 is 3.30. The number of rotatable bonds is 0. The summed E-state index contributed by atoms with van der Waals surface area (Å²) in [5.74, 6) is 0. The van der Waals surface area contributed by atoms with E-state index in [-0.39, 0.29) is 12.1 Å². The highest BCUT2D eigenvalue weighted by Gasteiger charge is 2.33. The first-order chi connectivity index (χ1) is 7.00. The second-order valence-electron chi connectivity index (χ2n) is 3.79. The number of aromatic nitrogens is 2. The van der Waals surface area contributed by atoms with Gasteiger partial charge in [0.15, 0.2) is 0 Å². The molecule has 0 saturated heterocycles. The highest BCUT2D eigenvalue weighted by atomic mass is 79.9. The van der Waals surface area contributed by atoms with E-state index in [4.69, 9.17) is 5.11 Å². The highest BCUT2D eigenvalue weighted by molar-refractivity contribution is 9.10. The van der Waals surface area contributed by atoms with Crippen molar-refractivity contribution in [2.45, 2.75) is 32.5 Å². The average Bonchev–Trinajstić information content (AvgIpc) is 2.45. The second-order valence-corrected chi connectivity index (χ2v) is 4.60. The zero-order chi connectivity index (χ0) is 11.2. The molecule has 1 unspecified atom stereocenters. The molecule has 15 heavy (non-hydrogen) atoms. The quantitative estimate of drug-likeness (QED) is 0.788. The summed E-state index contributed by atoms with van der Waals surface area (Å²) in [6.07, 6.45) is -0.876. The molecule has 1 aromatic heterocycles. The molecule has 1 aromatic rings. The van der Waals surface area contributed by atoms with E-state index in [1.807, 2.05) is 24.6 Å². The Bertz CT molecular complexity index is 404. The summed E-state index contributed by atoms with van der Waals surface area (Å²) < 4.78 is 2.61. The van der Waals surface area contributed by atoms with Crippen LogP contribution in [0.2, 0.25) is 0 Å². The first-order valence-electron chi connectivity index (χ1n) is 4.75. The van der Waals surface area contributed by atoms with Crippen molar-refractivity contribution < 1.29 is 9.90 Å². The molecule has 0 bridgehead atoms. The maximum absolute atomic E-state index is 11.1. The Morgan fingerprint density at radius 1 is 1.67 bits per heavy atom. The third kappa shape index (κ3) is 1.62. The summed E-state index contributed by atoms with van der Waals surface area (Å²) in [5.41, 5.74) is 0.933. The van der Waals surface area contributed by atoms with Crippen molar-refractivity contribution in [2.75, 3.05) is 0 Å². The van der Waals surface area contributed by atoms with E-state index < -0.39 is 6.09 Å². The van der Waals surface area contributed by atoms with Crippen molar-refractivity contribution >= 4 is 22.0 Å². The second kappa shape index (κ2) is 3.52. The van der Waals surface area contributed by atoms with Gasteiger partial charge in [-0.3, -0.25) is 9.58 Å². The Balaban J connectivity index is 2.42. The van der Waals surface area contributed by atoms with E-state index in [1.54, 1.807) is 0 Å². The molecule has 82 valence electrons. The highest BCUT2D eigenvalue weighted by Crippen LogP contribution is 2.29. The van der Waals surface area contributed by atoms with Gasteiger partial charge in [0, 0.05) is 0 Å². The van der Waals surface area contributed by atoms with Gasteiger partial charge in [-0.1, -0.05) is 0 Å². The topological polar surface area (TPSA) is 58.4 Å². The predicted octanol–water partition coefficient (Wildman–Crippen LogP) is 2.09. The number of hydrogen-bond acceptors (Lipinski definition) is 2. The van der Waals surface area contributed by atoms with Crippen LogP contribution in [-0.4, -0.2) is 31.9 Å². The molecule has 0 aromatic carbocycles. The van der Waals surface area contributed by atoms with Crippen LogP contribution in [-0.2, 0) is 6.54 Å². The standard InChI is InChI=1S/C9H12BrN3O2/c1-5-4-12-7(3-8(10)11-12)6(2)13(5)9(14)15/h3,5-6H,4H2,1-2H3,(H,14,15)/t5-,6?/m0/s1. The lowest BCUT2D eigenvalue weighted by atomic mass is 10.1. The first kappa shape index (κ1) is 10.5. The van der Waals surface area contributed by atoms with Crippen LogP contribution in [0.3, 0.4) is 0 Å². The minimum absolute atomic E-state index is 0.0446. The molecule has 0 spiro atoms. The number of amides is 1. The van der Waals surface area contributed by atoms with Crippen LogP contribution >= 0.6 is 15.9 Å². The fourth-order valence-electron chi connectivity index (χ4n) is 2.10. The molecule has 2 atom stereocenters. The smallest absolute Gasteiger partial charge is 0.408 e. The number of hydrogen-bond donors (Lipinski definition) is 1. The lowest BCUT2D eigenvalue weighted by Crippen LogP contribution is -2.46. The van der Waals surface area contributed by atoms with E-state index in [0.717, 1.165) is 10.3 Å². The van der Waals surface area contributed by atoms with Crippen LogP contribution in [0.1, 0.15) is 25.6 Å². The predicted molar refractivity (Wildman–Crippen MR) is 57.7 cm³/mol. The summed E-state index contributed by atoms with van der Waals surface area (Å²) in [5, 5.41) is 13.4. The molecule has 6 heteroatoms. The van der Waals surface area contributed by atoms with Crippen molar-refractivity contribution in [3.8, 4) is 0 Å². The molecule has 1 aliphatic heterocycles. The molecular formula is C9H12BrN3O2. The Kier molecular flexibility index (Phi) is 2.46. The van der Waals surface area contributed by atoms with Gasteiger partial charge in [-0.15, -0.1) is 0 Å². The maximum atomic E-state index is 11.1. The number of carboxylic acid groups (broad SMARTS) is 1. The Morgan fingerprint density at radius 2 is 2.33 bits per heavy atom. The molecule has 1 amide bonds. The van der Waals surface area contributed by atoms with E-state index in [1.165, 1.54) is 4.90 Å². The van der Waals surface area contributed by atoms with Gasteiger partial charge >= 0.3 is 6.09 Å². The Labute approximate surface area is 95.8 Å². The normalized spacial score (nSPS) is 25.1. The molecule has 0 saturated carbocycles. The van der Waals surface area contributed by atoms with Gasteiger partial charge < -0.3 is 5.11 Å². The molecule has 5 nitrogen and oxygen atoms in total. The summed E-state index contributed by atoms with van der Waals surface area (Å²) in [6, 6.07) is 1.67. The lowest BCUT2D eigenvalue weighted by Gasteiger charge is -2.37.